The van der Waals surface area contributed by atoms with Crippen LogP contribution in [-0.2, 0) is 38.5 Å². The van der Waals surface area contributed by atoms with E-state index < -0.39 is 23.2 Å². The van der Waals surface area contributed by atoms with E-state index in [1.165, 1.54) is 84.2 Å². The summed E-state index contributed by atoms with van der Waals surface area (Å²) in [5.41, 5.74) is -0.644. The number of carboxylic acids is 1. The van der Waals surface area contributed by atoms with Crippen molar-refractivity contribution < 1.29 is 48.9 Å². The van der Waals surface area contributed by atoms with E-state index in [-0.39, 0.29) is 41.9 Å². The smallest absolute Gasteiger partial charge is 0.312 e. The first kappa shape index (κ1) is 43.8. The SMILES string of the molecule is COC(=O)C(C)(C1CCC(OOCC2CCC(CC3CCCCC3)CC2COO)CC1)C1CCC(OC(=O)C2CCC(CC3CCCCC3)CC2C(=O)O)CC1. The quantitative estimate of drug-likeness (QED) is 0.0883. The maximum Gasteiger partial charge on any atom is 0.312 e. The van der Waals surface area contributed by atoms with Gasteiger partial charge in [0, 0.05) is 0 Å². The van der Waals surface area contributed by atoms with Gasteiger partial charge in [-0.2, -0.15) is 0 Å². The van der Waals surface area contributed by atoms with Crippen molar-refractivity contribution in [3.05, 3.63) is 0 Å². The van der Waals surface area contributed by atoms with E-state index in [2.05, 4.69) is 11.8 Å². The maximum absolute atomic E-state index is 13.6. The van der Waals surface area contributed by atoms with E-state index in [4.69, 9.17) is 19.2 Å². The molecule has 56 heavy (non-hydrogen) atoms. The van der Waals surface area contributed by atoms with Gasteiger partial charge in [0.05, 0.1) is 43.7 Å². The summed E-state index contributed by atoms with van der Waals surface area (Å²) in [6.07, 6.45) is 27.1. The average Bonchev–Trinajstić information content (AvgIpc) is 3.22. The molecule has 0 saturated heterocycles. The van der Waals surface area contributed by atoms with Gasteiger partial charge in [0.2, 0.25) is 0 Å². The van der Waals surface area contributed by atoms with Gasteiger partial charge in [-0.3, -0.25) is 19.6 Å². The Morgan fingerprint density at radius 2 is 1.14 bits per heavy atom. The number of carbonyl (C=O) groups excluding carboxylic acids is 2. The van der Waals surface area contributed by atoms with Crippen molar-refractivity contribution in [2.24, 2.45) is 64.6 Å². The average molecular weight is 789 g/mol. The number of hydrogen-bond donors (Lipinski definition) is 2. The van der Waals surface area contributed by atoms with Crippen molar-refractivity contribution in [2.45, 2.75) is 186 Å². The minimum absolute atomic E-state index is 0.0181. The molecule has 0 amide bonds. The van der Waals surface area contributed by atoms with Crippen LogP contribution in [0.3, 0.4) is 0 Å². The number of carbonyl (C=O) groups is 3. The Morgan fingerprint density at radius 3 is 1.70 bits per heavy atom. The molecule has 6 saturated carbocycles. The molecule has 7 atom stereocenters. The molecule has 0 radical (unpaired) electrons. The van der Waals surface area contributed by atoms with Crippen LogP contribution in [0.2, 0.25) is 0 Å². The lowest BCUT2D eigenvalue weighted by Gasteiger charge is -2.46. The summed E-state index contributed by atoms with van der Waals surface area (Å²) in [7, 11) is 1.48. The lowest BCUT2D eigenvalue weighted by atomic mass is 9.59. The van der Waals surface area contributed by atoms with Crippen LogP contribution in [0.5, 0.6) is 0 Å². The first-order chi connectivity index (χ1) is 27.2. The Morgan fingerprint density at radius 1 is 0.589 bits per heavy atom. The highest BCUT2D eigenvalue weighted by Crippen LogP contribution is 2.51. The van der Waals surface area contributed by atoms with E-state index in [9.17, 15) is 24.7 Å². The highest BCUT2D eigenvalue weighted by atomic mass is 17.2. The van der Waals surface area contributed by atoms with Gasteiger partial charge in [-0.1, -0.05) is 70.6 Å². The number of esters is 2. The Kier molecular flexibility index (Phi) is 16.8. The summed E-state index contributed by atoms with van der Waals surface area (Å²) in [5, 5.41) is 19.5. The Labute approximate surface area is 337 Å². The number of carboxylic acid groups (broad SMARTS) is 1. The predicted molar refractivity (Wildman–Crippen MR) is 212 cm³/mol. The third-order valence-electron chi connectivity index (χ3n) is 16.3. The van der Waals surface area contributed by atoms with E-state index in [0.717, 1.165) is 70.1 Å². The molecule has 2 N–H and O–H groups in total. The summed E-state index contributed by atoms with van der Waals surface area (Å²) in [6.45, 7) is 2.94. The molecule has 0 spiro atoms. The Hall–Kier alpha value is -1.75. The lowest BCUT2D eigenvalue weighted by molar-refractivity contribution is -0.340. The summed E-state index contributed by atoms with van der Waals surface area (Å²) >= 11 is 0. The van der Waals surface area contributed by atoms with Crippen molar-refractivity contribution in [1.82, 2.24) is 0 Å². The van der Waals surface area contributed by atoms with Gasteiger partial charge in [0.15, 0.2) is 0 Å². The van der Waals surface area contributed by atoms with Crippen molar-refractivity contribution in [3.63, 3.8) is 0 Å². The van der Waals surface area contributed by atoms with Crippen LogP contribution < -0.4 is 0 Å². The summed E-state index contributed by atoms with van der Waals surface area (Å²) in [6, 6.07) is 0. The van der Waals surface area contributed by atoms with E-state index >= 15 is 0 Å². The molecule has 10 nitrogen and oxygen atoms in total. The molecule has 0 aliphatic heterocycles. The van der Waals surface area contributed by atoms with E-state index in [0.29, 0.717) is 62.6 Å². The molecule has 0 aromatic rings. The van der Waals surface area contributed by atoms with Crippen LogP contribution in [-0.4, -0.2) is 60.8 Å². The molecule has 0 aromatic carbocycles. The van der Waals surface area contributed by atoms with Gasteiger partial charge in [-0.25, -0.2) is 14.7 Å². The fraction of sp³-hybridized carbons (Fsp3) is 0.935. The third-order valence-corrected chi connectivity index (χ3v) is 16.3. The van der Waals surface area contributed by atoms with Crippen LogP contribution in [0.25, 0.3) is 0 Å². The molecule has 320 valence electrons. The molecule has 6 rings (SSSR count). The van der Waals surface area contributed by atoms with Crippen molar-refractivity contribution in [1.29, 1.82) is 0 Å². The van der Waals surface area contributed by atoms with Crippen LogP contribution in [0.4, 0.5) is 0 Å². The van der Waals surface area contributed by atoms with Crippen molar-refractivity contribution in [2.75, 3.05) is 20.3 Å². The predicted octanol–water partition coefficient (Wildman–Crippen LogP) is 10.4. The molecular formula is C46H76O10. The highest BCUT2D eigenvalue weighted by Gasteiger charge is 2.51. The van der Waals surface area contributed by atoms with E-state index in [1.807, 2.05) is 0 Å². The normalized spacial score (nSPS) is 36.3. The zero-order chi connectivity index (χ0) is 39.5. The zero-order valence-corrected chi connectivity index (χ0v) is 34.9. The second-order valence-electron chi connectivity index (χ2n) is 19.7. The Balaban J connectivity index is 0.928. The molecular weight excluding hydrogens is 712 g/mol. The van der Waals surface area contributed by atoms with Crippen LogP contribution in [0, 0.1) is 64.6 Å². The number of methoxy groups -OCH3 is 1. The van der Waals surface area contributed by atoms with Gasteiger partial charge >= 0.3 is 17.9 Å². The molecule has 7 unspecified atom stereocenters. The molecule has 6 fully saturated rings. The largest absolute Gasteiger partial charge is 0.481 e. The molecule has 0 heterocycles. The van der Waals surface area contributed by atoms with Crippen LogP contribution in [0.15, 0.2) is 0 Å². The fourth-order valence-electron chi connectivity index (χ4n) is 12.9. The van der Waals surface area contributed by atoms with Gasteiger partial charge in [-0.15, -0.1) is 0 Å². The van der Waals surface area contributed by atoms with Gasteiger partial charge in [0.1, 0.15) is 6.10 Å². The summed E-state index contributed by atoms with van der Waals surface area (Å²) in [5.74, 6) is 0.907. The van der Waals surface area contributed by atoms with Crippen molar-refractivity contribution >= 4 is 17.9 Å². The second-order valence-corrected chi connectivity index (χ2v) is 19.7. The summed E-state index contributed by atoms with van der Waals surface area (Å²) in [4.78, 5) is 56.0. The maximum atomic E-state index is 13.6. The minimum Gasteiger partial charge on any atom is -0.481 e. The third kappa shape index (κ3) is 11.5. The Bertz CT molecular complexity index is 1210. The number of rotatable bonds is 16. The first-order valence-corrected chi connectivity index (χ1v) is 23.2. The molecule has 10 heteroatoms. The molecule has 0 aromatic heterocycles. The van der Waals surface area contributed by atoms with Gasteiger partial charge in [0.25, 0.3) is 0 Å². The first-order valence-electron chi connectivity index (χ1n) is 23.2. The summed E-state index contributed by atoms with van der Waals surface area (Å²) < 4.78 is 11.5. The van der Waals surface area contributed by atoms with Gasteiger partial charge in [-0.05, 0) is 151 Å². The number of ether oxygens (including phenoxy) is 2. The van der Waals surface area contributed by atoms with Gasteiger partial charge < -0.3 is 14.6 Å². The molecule has 6 aliphatic carbocycles. The topological polar surface area (TPSA) is 138 Å². The standard InChI is InChI=1S/C46H76O10/c1-46(45(50)52-2,37-16-20-39(21-17-37)55-44(49)41-24-14-34(28-42(41)43(47)48)26-32-11-7-4-8-12-32)38-18-22-40(23-19-38)56-54-30-35-15-13-33(27-36(35)29-53-51)25-31-9-5-3-6-10-31/h31-42,51H,3-30H2,1-2H3,(H,47,48). The second kappa shape index (κ2) is 21.5. The molecule has 6 aliphatic rings. The monoisotopic (exact) mass is 789 g/mol. The fourth-order valence-corrected chi connectivity index (χ4v) is 12.9. The zero-order valence-electron chi connectivity index (χ0n) is 34.9. The molecule has 0 bridgehead atoms. The van der Waals surface area contributed by atoms with Crippen LogP contribution >= 0.6 is 0 Å². The van der Waals surface area contributed by atoms with Crippen molar-refractivity contribution in [3.8, 4) is 0 Å². The number of hydrogen-bond acceptors (Lipinski definition) is 9. The van der Waals surface area contributed by atoms with Crippen LogP contribution in [0.1, 0.15) is 174 Å². The minimum atomic E-state index is -0.867. The number of aliphatic carboxylic acids is 1. The van der Waals surface area contributed by atoms with E-state index in [1.54, 1.807) is 0 Å². The lowest BCUT2D eigenvalue weighted by Crippen LogP contribution is -2.47. The highest BCUT2D eigenvalue weighted by molar-refractivity contribution is 5.81.